The van der Waals surface area contributed by atoms with Crippen LogP contribution in [0.2, 0.25) is 0 Å². The van der Waals surface area contributed by atoms with Crippen molar-refractivity contribution in [3.05, 3.63) is 92.5 Å². The Hall–Kier alpha value is -3.21. The second-order valence-electron chi connectivity index (χ2n) is 8.55. The lowest BCUT2D eigenvalue weighted by Gasteiger charge is -2.11. The quantitative estimate of drug-likeness (QED) is 0.338. The number of fused-ring (bicyclic) bond motifs is 2. The van der Waals surface area contributed by atoms with Crippen molar-refractivity contribution >= 4 is 21.5 Å². The van der Waals surface area contributed by atoms with Crippen LogP contribution in [0.5, 0.6) is 0 Å². The SMILES string of the molecule is C.C.CC(C)c1cn(C)c(=O)c2cc(F)ccc12.CC(C)c1cn(C)c(=O)c2ccccc12. The molecule has 0 N–H and O–H groups in total. The highest BCUT2D eigenvalue weighted by Gasteiger charge is 2.11. The molecule has 0 saturated heterocycles. The molecule has 0 radical (unpaired) electrons. The number of aryl methyl sites for hydroxylation is 2. The Morgan fingerprint density at radius 2 is 1.09 bits per heavy atom. The average molecular weight is 453 g/mol. The Morgan fingerprint density at radius 3 is 1.58 bits per heavy atom. The van der Waals surface area contributed by atoms with Crippen LogP contribution in [0.25, 0.3) is 21.5 Å². The van der Waals surface area contributed by atoms with Gasteiger partial charge in [-0.2, -0.15) is 0 Å². The van der Waals surface area contributed by atoms with Crippen LogP contribution in [-0.4, -0.2) is 9.13 Å². The summed E-state index contributed by atoms with van der Waals surface area (Å²) in [7, 11) is 3.50. The van der Waals surface area contributed by atoms with Crippen LogP contribution in [0.4, 0.5) is 4.39 Å². The summed E-state index contributed by atoms with van der Waals surface area (Å²) in [5.41, 5.74) is 2.22. The molecule has 0 fully saturated rings. The lowest BCUT2D eigenvalue weighted by molar-refractivity contribution is 0.629. The molecule has 5 heteroatoms. The maximum Gasteiger partial charge on any atom is 0.258 e. The van der Waals surface area contributed by atoms with E-state index >= 15 is 0 Å². The van der Waals surface area contributed by atoms with Gasteiger partial charge in [-0.1, -0.05) is 66.8 Å². The van der Waals surface area contributed by atoms with Gasteiger partial charge < -0.3 is 9.13 Å². The summed E-state index contributed by atoms with van der Waals surface area (Å²) < 4.78 is 16.3. The van der Waals surface area contributed by atoms with Gasteiger partial charge in [-0.05, 0) is 51.9 Å². The molecule has 2 heterocycles. The minimum atomic E-state index is -0.370. The number of pyridine rings is 2. The van der Waals surface area contributed by atoms with Crippen LogP contribution in [0.1, 0.15) is 65.5 Å². The number of rotatable bonds is 2. The summed E-state index contributed by atoms with van der Waals surface area (Å²) in [6.45, 7) is 8.41. The maximum atomic E-state index is 13.1. The summed E-state index contributed by atoms with van der Waals surface area (Å²) in [5, 5.41) is 3.19. The van der Waals surface area contributed by atoms with Gasteiger partial charge in [0, 0.05) is 31.9 Å². The van der Waals surface area contributed by atoms with E-state index in [1.807, 2.05) is 36.7 Å². The van der Waals surface area contributed by atoms with Gasteiger partial charge in [-0.3, -0.25) is 9.59 Å². The first kappa shape index (κ1) is 27.8. The molecule has 0 bridgehead atoms. The molecule has 0 spiro atoms. The zero-order valence-corrected chi connectivity index (χ0v) is 18.9. The molecule has 0 atom stereocenters. The number of halogens is 1. The second-order valence-corrected chi connectivity index (χ2v) is 8.55. The lowest BCUT2D eigenvalue weighted by Crippen LogP contribution is -2.17. The molecule has 0 unspecified atom stereocenters. The summed E-state index contributed by atoms with van der Waals surface area (Å²) in [6, 6.07) is 12.2. The monoisotopic (exact) mass is 452 g/mol. The first-order valence-corrected chi connectivity index (χ1v) is 10.5. The van der Waals surface area contributed by atoms with Crippen molar-refractivity contribution < 1.29 is 4.39 Å². The molecular formula is C28H37FN2O2. The third kappa shape index (κ3) is 5.59. The van der Waals surface area contributed by atoms with Gasteiger partial charge in [0.2, 0.25) is 0 Å². The van der Waals surface area contributed by atoms with Crippen LogP contribution in [0.15, 0.2) is 64.4 Å². The van der Waals surface area contributed by atoms with Crippen LogP contribution >= 0.6 is 0 Å². The number of benzene rings is 2. The zero-order chi connectivity index (χ0) is 22.9. The maximum absolute atomic E-state index is 13.1. The number of nitrogens with zero attached hydrogens (tertiary/aromatic N) is 2. The summed E-state index contributed by atoms with van der Waals surface area (Å²) in [5.74, 6) is 0.368. The van der Waals surface area contributed by atoms with E-state index in [9.17, 15) is 14.0 Å². The number of hydrogen-bond donors (Lipinski definition) is 0. The molecule has 0 aliphatic carbocycles. The van der Waals surface area contributed by atoms with E-state index in [-0.39, 0.29) is 31.8 Å². The predicted molar refractivity (Wildman–Crippen MR) is 140 cm³/mol. The second kappa shape index (κ2) is 11.1. The standard InChI is InChI=1S/C13H14FNO.C13H15NO.2CH4/c1-8(2)12-7-15(3)13(16)11-6-9(14)4-5-10(11)12;1-9(2)12-8-14(3)13(15)11-7-5-4-6-10(11)12;;/h4-8H,1-3H3;4-9H,1-3H3;2*1H4. The van der Waals surface area contributed by atoms with Gasteiger partial charge in [0.15, 0.2) is 0 Å². The first-order chi connectivity index (χ1) is 14.6. The fourth-order valence-corrected chi connectivity index (χ4v) is 3.84. The van der Waals surface area contributed by atoms with Crippen molar-refractivity contribution in [3.63, 3.8) is 0 Å². The molecule has 0 aliphatic heterocycles. The Labute approximate surface area is 196 Å². The Bertz CT molecular complexity index is 1360. The minimum absolute atomic E-state index is 0. The summed E-state index contributed by atoms with van der Waals surface area (Å²) in [4.78, 5) is 23.7. The van der Waals surface area contributed by atoms with Crippen LogP contribution in [0.3, 0.4) is 0 Å². The van der Waals surface area contributed by atoms with Gasteiger partial charge in [0.05, 0.1) is 5.39 Å². The van der Waals surface area contributed by atoms with Crippen molar-refractivity contribution in [2.75, 3.05) is 0 Å². The number of aromatic nitrogens is 2. The van der Waals surface area contributed by atoms with Gasteiger partial charge in [0.25, 0.3) is 11.1 Å². The van der Waals surface area contributed by atoms with Crippen molar-refractivity contribution in [2.45, 2.75) is 54.4 Å². The van der Waals surface area contributed by atoms with Crippen LogP contribution < -0.4 is 11.1 Å². The van der Waals surface area contributed by atoms with Gasteiger partial charge in [-0.25, -0.2) is 4.39 Å². The van der Waals surface area contributed by atoms with E-state index in [1.165, 1.54) is 22.3 Å². The molecule has 4 rings (SSSR count). The molecule has 4 aromatic rings. The van der Waals surface area contributed by atoms with E-state index in [4.69, 9.17) is 0 Å². The minimum Gasteiger partial charge on any atom is -0.318 e. The van der Waals surface area contributed by atoms with Crippen LogP contribution in [0, 0.1) is 5.82 Å². The average Bonchev–Trinajstić information content (AvgIpc) is 2.73. The Kier molecular flexibility index (Phi) is 9.34. The smallest absolute Gasteiger partial charge is 0.258 e. The molecule has 2 aromatic heterocycles. The van der Waals surface area contributed by atoms with E-state index < -0.39 is 0 Å². The van der Waals surface area contributed by atoms with E-state index in [2.05, 4.69) is 27.7 Å². The molecule has 4 nitrogen and oxygen atoms in total. The van der Waals surface area contributed by atoms with Gasteiger partial charge >= 0.3 is 0 Å². The third-order valence-electron chi connectivity index (χ3n) is 5.54. The van der Waals surface area contributed by atoms with E-state index in [0.717, 1.165) is 21.7 Å². The largest absolute Gasteiger partial charge is 0.318 e. The molecular weight excluding hydrogens is 415 g/mol. The van der Waals surface area contributed by atoms with Gasteiger partial charge in [0.1, 0.15) is 5.82 Å². The fourth-order valence-electron chi connectivity index (χ4n) is 3.84. The topological polar surface area (TPSA) is 44.0 Å². The molecule has 0 saturated carbocycles. The lowest BCUT2D eigenvalue weighted by atomic mass is 9.98. The fraction of sp³-hybridized carbons (Fsp3) is 0.357. The van der Waals surface area contributed by atoms with E-state index in [1.54, 1.807) is 24.7 Å². The summed E-state index contributed by atoms with van der Waals surface area (Å²) >= 11 is 0. The molecule has 0 aliphatic rings. The van der Waals surface area contributed by atoms with Crippen molar-refractivity contribution in [1.29, 1.82) is 0 Å². The summed E-state index contributed by atoms with van der Waals surface area (Å²) in [6.07, 6.45) is 3.77. The van der Waals surface area contributed by atoms with Crippen LogP contribution in [-0.2, 0) is 14.1 Å². The zero-order valence-electron chi connectivity index (χ0n) is 18.9. The van der Waals surface area contributed by atoms with Gasteiger partial charge in [-0.15, -0.1) is 0 Å². The molecule has 33 heavy (non-hydrogen) atoms. The van der Waals surface area contributed by atoms with Crippen molar-refractivity contribution in [2.24, 2.45) is 14.1 Å². The number of hydrogen-bond acceptors (Lipinski definition) is 2. The molecule has 2 aromatic carbocycles. The van der Waals surface area contributed by atoms with Crippen molar-refractivity contribution in [1.82, 2.24) is 9.13 Å². The highest BCUT2D eigenvalue weighted by molar-refractivity contribution is 5.85. The normalized spacial score (nSPS) is 10.6. The highest BCUT2D eigenvalue weighted by atomic mass is 19.1. The Balaban J connectivity index is 0.000000312. The third-order valence-corrected chi connectivity index (χ3v) is 5.54. The van der Waals surface area contributed by atoms with Crippen molar-refractivity contribution in [3.8, 4) is 0 Å². The van der Waals surface area contributed by atoms with E-state index in [0.29, 0.717) is 17.2 Å². The molecule has 178 valence electrons. The predicted octanol–water partition coefficient (Wildman–Crippen LogP) is 6.74. The highest BCUT2D eigenvalue weighted by Crippen LogP contribution is 2.24. The molecule has 0 amide bonds. The Morgan fingerprint density at radius 1 is 0.667 bits per heavy atom. The first-order valence-electron chi connectivity index (χ1n) is 10.5.